The molecule has 0 radical (unpaired) electrons. The van der Waals surface area contributed by atoms with E-state index in [-0.39, 0.29) is 11.9 Å². The van der Waals surface area contributed by atoms with Crippen LogP contribution in [0.5, 0.6) is 0 Å². The van der Waals surface area contributed by atoms with Crippen LogP contribution in [0.15, 0.2) is 0 Å². The van der Waals surface area contributed by atoms with E-state index in [4.69, 9.17) is 15.2 Å². The largest absolute Gasteiger partial charge is 0.343 e. The maximum Gasteiger partial charge on any atom is 0.343 e. The molecule has 0 aromatic heterocycles. The molecule has 0 unspecified atom stereocenters. The van der Waals surface area contributed by atoms with Crippen molar-refractivity contribution >= 4 is 5.84 Å². The monoisotopic (exact) mass is 219 g/mol. The summed E-state index contributed by atoms with van der Waals surface area (Å²) in [5.74, 6) is -0.938. The average molecular weight is 219 g/mol. The van der Waals surface area contributed by atoms with E-state index in [1.165, 1.54) is 0 Å². The molecule has 16 heavy (non-hydrogen) atoms. The van der Waals surface area contributed by atoms with Gasteiger partial charge in [0.05, 0.1) is 24.8 Å². The van der Waals surface area contributed by atoms with Crippen LogP contribution in [-0.4, -0.2) is 24.5 Å². The zero-order chi connectivity index (χ0) is 11.6. The molecule has 1 saturated heterocycles. The predicted molar refractivity (Wildman–Crippen MR) is 50.1 cm³/mol. The Morgan fingerprint density at radius 1 is 1.50 bits per heavy atom. The number of nitriles is 2. The van der Waals surface area contributed by atoms with Crippen molar-refractivity contribution in [2.75, 3.05) is 6.61 Å². The normalized spacial score (nSPS) is 52.9. The minimum absolute atomic E-state index is 0.111. The van der Waals surface area contributed by atoms with Gasteiger partial charge in [0.25, 0.3) is 5.84 Å². The van der Waals surface area contributed by atoms with Crippen LogP contribution in [0.3, 0.4) is 0 Å². The Balaban J connectivity index is 2.13. The zero-order valence-corrected chi connectivity index (χ0v) is 8.78. The molecule has 2 aliphatic heterocycles. The standard InChI is InChI=1S/C10H10N4O2/c1-6-2-15-10(16-6)9(5-12)3-8(9,4-11)7(13)14-10/h6H,2-3H2,1H3,(H2,13,14)/p+1/t6-,8-,9-,10-/m0/s1. The molecule has 0 aromatic carbocycles. The first kappa shape index (κ1) is 9.59. The molecule has 0 amide bonds. The molecule has 6 nitrogen and oxygen atoms in total. The Hall–Kier alpha value is -1.63. The number of amidine groups is 1. The Bertz CT molecular complexity index is 490. The smallest absolute Gasteiger partial charge is 0.311 e. The van der Waals surface area contributed by atoms with Gasteiger partial charge in [-0.15, -0.1) is 0 Å². The van der Waals surface area contributed by atoms with Crippen molar-refractivity contribution in [2.45, 2.75) is 25.4 Å². The topological polar surface area (TPSA) is 106 Å². The molecule has 0 aromatic rings. The van der Waals surface area contributed by atoms with Crippen molar-refractivity contribution in [1.82, 2.24) is 0 Å². The van der Waals surface area contributed by atoms with Gasteiger partial charge in [0.2, 0.25) is 0 Å². The number of ether oxygens (including phenoxy) is 2. The SMILES string of the molecule is C[C@H]1CO[C@]2([NH+]=C(N)[C@@]3(C#N)C[C@@]23C#N)O1. The lowest BCUT2D eigenvalue weighted by atomic mass is 9.94. The predicted octanol–water partition coefficient (Wildman–Crippen LogP) is -2.05. The summed E-state index contributed by atoms with van der Waals surface area (Å²) in [6.45, 7) is 2.25. The fourth-order valence-electron chi connectivity index (χ4n) is 2.75. The van der Waals surface area contributed by atoms with Crippen LogP contribution in [0.2, 0.25) is 0 Å². The van der Waals surface area contributed by atoms with Crippen LogP contribution >= 0.6 is 0 Å². The van der Waals surface area contributed by atoms with Gasteiger partial charge >= 0.3 is 5.91 Å². The van der Waals surface area contributed by atoms with Crippen LogP contribution in [0.1, 0.15) is 13.3 Å². The molecular formula is C10H11N4O2+. The lowest BCUT2D eigenvalue weighted by molar-refractivity contribution is -0.677. The molecule has 2 fully saturated rings. The molecule has 3 rings (SSSR count). The van der Waals surface area contributed by atoms with Gasteiger partial charge in [-0.05, 0) is 6.92 Å². The summed E-state index contributed by atoms with van der Waals surface area (Å²) in [6.07, 6.45) is 0.263. The number of nitrogens with one attached hydrogen (secondary N) is 1. The van der Waals surface area contributed by atoms with Crippen molar-refractivity contribution in [1.29, 1.82) is 10.5 Å². The summed E-state index contributed by atoms with van der Waals surface area (Å²) in [5, 5.41) is 18.5. The zero-order valence-electron chi connectivity index (χ0n) is 8.78. The number of hydrogen-bond acceptors (Lipinski definition) is 5. The van der Waals surface area contributed by atoms with Gasteiger partial charge in [-0.2, -0.15) is 10.5 Å². The lowest BCUT2D eigenvalue weighted by Crippen LogP contribution is -2.89. The van der Waals surface area contributed by atoms with E-state index in [2.05, 4.69) is 17.1 Å². The van der Waals surface area contributed by atoms with Crippen LogP contribution in [0, 0.1) is 33.5 Å². The van der Waals surface area contributed by atoms with Crippen LogP contribution in [0.4, 0.5) is 0 Å². The van der Waals surface area contributed by atoms with Crippen molar-refractivity contribution in [3.05, 3.63) is 0 Å². The van der Waals surface area contributed by atoms with Gasteiger partial charge in [-0.25, -0.2) is 4.99 Å². The second-order valence-electron chi connectivity index (χ2n) is 4.61. The number of hydrogen-bond donors (Lipinski definition) is 2. The van der Waals surface area contributed by atoms with Gasteiger partial charge in [0.1, 0.15) is 0 Å². The van der Waals surface area contributed by atoms with Gasteiger partial charge in [0, 0.05) is 6.42 Å². The van der Waals surface area contributed by atoms with Crippen LogP contribution < -0.4 is 10.7 Å². The Morgan fingerprint density at radius 2 is 2.25 bits per heavy atom. The quantitative estimate of drug-likeness (QED) is 0.487. The minimum atomic E-state index is -1.22. The second kappa shape index (κ2) is 2.37. The molecule has 1 saturated carbocycles. The maximum absolute atomic E-state index is 9.32. The highest BCUT2D eigenvalue weighted by Gasteiger charge is 2.91. The Labute approximate surface area is 92.3 Å². The first-order chi connectivity index (χ1) is 7.56. The molecule has 4 atom stereocenters. The Kier molecular flexibility index (Phi) is 1.42. The minimum Gasteiger partial charge on any atom is -0.311 e. The third-order valence-electron chi connectivity index (χ3n) is 3.72. The van der Waals surface area contributed by atoms with Crippen molar-refractivity contribution < 1.29 is 14.5 Å². The molecular weight excluding hydrogens is 208 g/mol. The maximum atomic E-state index is 9.32. The molecule has 3 aliphatic rings. The first-order valence-electron chi connectivity index (χ1n) is 5.11. The van der Waals surface area contributed by atoms with Crippen molar-refractivity contribution in [3.8, 4) is 12.1 Å². The second-order valence-corrected chi connectivity index (χ2v) is 4.61. The number of nitrogens with two attached hydrogens (primary N) is 1. The van der Waals surface area contributed by atoms with Crippen LogP contribution in [0.25, 0.3) is 0 Å². The van der Waals surface area contributed by atoms with Crippen LogP contribution in [-0.2, 0) is 9.47 Å². The molecule has 82 valence electrons. The van der Waals surface area contributed by atoms with Crippen molar-refractivity contribution in [3.63, 3.8) is 0 Å². The first-order valence-corrected chi connectivity index (χ1v) is 5.11. The van der Waals surface area contributed by atoms with E-state index in [1.54, 1.807) is 0 Å². The van der Waals surface area contributed by atoms with E-state index >= 15 is 0 Å². The highest BCUT2D eigenvalue weighted by Crippen LogP contribution is 2.70. The summed E-state index contributed by atoms with van der Waals surface area (Å²) >= 11 is 0. The molecule has 6 heteroatoms. The number of rotatable bonds is 0. The molecule has 3 N–H and O–H groups in total. The third kappa shape index (κ3) is 0.683. The number of fused-ring (bicyclic) bond motifs is 2. The van der Waals surface area contributed by atoms with Crippen molar-refractivity contribution in [2.24, 2.45) is 16.6 Å². The van der Waals surface area contributed by atoms with E-state index in [1.807, 2.05) is 6.92 Å². The summed E-state index contributed by atoms with van der Waals surface area (Å²) in [4.78, 5) is 2.85. The molecule has 1 aliphatic carbocycles. The van der Waals surface area contributed by atoms with Gasteiger partial charge < -0.3 is 9.47 Å². The fraction of sp³-hybridized carbons (Fsp3) is 0.700. The van der Waals surface area contributed by atoms with E-state index in [9.17, 15) is 10.5 Å². The summed E-state index contributed by atoms with van der Waals surface area (Å²) in [7, 11) is 0. The molecule has 2 heterocycles. The fourth-order valence-corrected chi connectivity index (χ4v) is 2.75. The summed E-state index contributed by atoms with van der Waals surface area (Å²) in [6, 6.07) is 4.27. The van der Waals surface area contributed by atoms with Gasteiger partial charge in [-0.1, -0.05) is 0 Å². The highest BCUT2D eigenvalue weighted by molar-refractivity contribution is 5.92. The lowest BCUT2D eigenvalue weighted by Gasteiger charge is -2.22. The molecule has 0 bridgehead atoms. The van der Waals surface area contributed by atoms with E-state index in [0.29, 0.717) is 13.0 Å². The number of nitrogens with zero attached hydrogens (tertiary/aromatic N) is 2. The van der Waals surface area contributed by atoms with Gasteiger partial charge in [0.15, 0.2) is 10.8 Å². The average Bonchev–Trinajstić information content (AvgIpc) is 2.78. The Morgan fingerprint density at radius 3 is 2.69 bits per heavy atom. The van der Waals surface area contributed by atoms with E-state index < -0.39 is 16.7 Å². The summed E-state index contributed by atoms with van der Waals surface area (Å²) < 4.78 is 11.2. The van der Waals surface area contributed by atoms with Gasteiger partial charge in [-0.3, -0.25) is 5.73 Å². The van der Waals surface area contributed by atoms with E-state index in [0.717, 1.165) is 0 Å². The summed E-state index contributed by atoms with van der Waals surface area (Å²) in [5.41, 5.74) is 3.85. The molecule has 1 spiro atoms. The highest BCUT2D eigenvalue weighted by atomic mass is 16.8. The third-order valence-corrected chi connectivity index (χ3v) is 3.72.